The average molecular weight is 254 g/mol. The van der Waals surface area contributed by atoms with Crippen molar-refractivity contribution >= 4 is 5.91 Å². The molecule has 0 aromatic rings. The maximum atomic E-state index is 12.0. The molecule has 0 aromatic carbocycles. The van der Waals surface area contributed by atoms with Crippen molar-refractivity contribution in [2.75, 3.05) is 6.54 Å². The Labute approximate surface area is 112 Å². The monoisotopic (exact) mass is 254 g/mol. The number of nitrogens with one attached hydrogen (secondary N) is 1. The zero-order valence-electron chi connectivity index (χ0n) is 12.1. The molecule has 106 valence electrons. The summed E-state index contributed by atoms with van der Waals surface area (Å²) in [5.41, 5.74) is 5.33. The van der Waals surface area contributed by atoms with Crippen LogP contribution in [0.4, 0.5) is 0 Å². The lowest BCUT2D eigenvalue weighted by molar-refractivity contribution is -0.126. The van der Waals surface area contributed by atoms with Crippen LogP contribution in [-0.4, -0.2) is 18.0 Å². The lowest BCUT2D eigenvalue weighted by Gasteiger charge is -2.25. The molecule has 1 atom stereocenters. The molecule has 0 aromatic heterocycles. The zero-order valence-corrected chi connectivity index (χ0v) is 12.1. The van der Waals surface area contributed by atoms with Crippen LogP contribution in [0.25, 0.3) is 0 Å². The first-order valence-electron chi connectivity index (χ1n) is 7.63. The number of rotatable bonds is 5. The Morgan fingerprint density at radius 3 is 2.33 bits per heavy atom. The van der Waals surface area contributed by atoms with Gasteiger partial charge in [-0.15, -0.1) is 0 Å². The van der Waals surface area contributed by atoms with Crippen LogP contribution in [0.2, 0.25) is 0 Å². The first-order valence-corrected chi connectivity index (χ1v) is 7.63. The topological polar surface area (TPSA) is 55.1 Å². The molecule has 3 N–H and O–H groups in total. The molecule has 0 radical (unpaired) electrons. The maximum Gasteiger partial charge on any atom is 0.239 e. The van der Waals surface area contributed by atoms with E-state index in [2.05, 4.69) is 12.2 Å². The second-order valence-corrected chi connectivity index (χ2v) is 6.09. The lowest BCUT2D eigenvalue weighted by Crippen LogP contribution is -2.52. The molecule has 0 bridgehead atoms. The van der Waals surface area contributed by atoms with Gasteiger partial charge >= 0.3 is 0 Å². The highest BCUT2D eigenvalue weighted by atomic mass is 16.2. The van der Waals surface area contributed by atoms with Crippen molar-refractivity contribution in [3.05, 3.63) is 0 Å². The van der Waals surface area contributed by atoms with E-state index < -0.39 is 5.54 Å². The summed E-state index contributed by atoms with van der Waals surface area (Å²) in [6, 6.07) is 0. The van der Waals surface area contributed by atoms with Crippen molar-refractivity contribution < 1.29 is 4.79 Å². The highest BCUT2D eigenvalue weighted by Crippen LogP contribution is 2.21. The molecule has 1 aliphatic rings. The van der Waals surface area contributed by atoms with E-state index >= 15 is 0 Å². The Morgan fingerprint density at radius 1 is 1.22 bits per heavy atom. The fraction of sp³-hybridized carbons (Fsp3) is 0.933. The Morgan fingerprint density at radius 2 is 1.78 bits per heavy atom. The second kappa shape index (κ2) is 7.78. The van der Waals surface area contributed by atoms with Gasteiger partial charge < -0.3 is 11.1 Å². The van der Waals surface area contributed by atoms with Crippen LogP contribution >= 0.6 is 0 Å². The van der Waals surface area contributed by atoms with Gasteiger partial charge in [-0.1, -0.05) is 45.4 Å². The molecule has 3 heteroatoms. The molecule has 18 heavy (non-hydrogen) atoms. The van der Waals surface area contributed by atoms with E-state index in [4.69, 9.17) is 5.73 Å². The van der Waals surface area contributed by atoms with Gasteiger partial charge in [0.1, 0.15) is 0 Å². The first kappa shape index (κ1) is 15.5. The number of hydrogen-bond donors (Lipinski definition) is 2. The minimum absolute atomic E-state index is 0.0198. The van der Waals surface area contributed by atoms with Crippen molar-refractivity contribution in [2.24, 2.45) is 11.7 Å². The highest BCUT2D eigenvalue weighted by molar-refractivity contribution is 5.85. The SMILES string of the molecule is CCCC(C)(N)C(=O)NCC1CCCCCCC1. The molecule has 1 saturated carbocycles. The van der Waals surface area contributed by atoms with Crippen LogP contribution in [0, 0.1) is 5.92 Å². The summed E-state index contributed by atoms with van der Waals surface area (Å²) in [5.74, 6) is 0.679. The fourth-order valence-corrected chi connectivity index (χ4v) is 2.82. The fourth-order valence-electron chi connectivity index (χ4n) is 2.82. The molecule has 3 nitrogen and oxygen atoms in total. The minimum Gasteiger partial charge on any atom is -0.354 e. The van der Waals surface area contributed by atoms with Gasteiger partial charge in [0.15, 0.2) is 0 Å². The summed E-state index contributed by atoms with van der Waals surface area (Å²) in [7, 11) is 0. The molecule has 1 amide bonds. The number of nitrogens with two attached hydrogens (primary N) is 1. The summed E-state index contributed by atoms with van der Waals surface area (Å²) < 4.78 is 0. The van der Waals surface area contributed by atoms with Crippen molar-refractivity contribution in [2.45, 2.75) is 77.2 Å². The molecule has 1 aliphatic carbocycles. The third kappa shape index (κ3) is 5.38. The van der Waals surface area contributed by atoms with Crippen LogP contribution < -0.4 is 11.1 Å². The van der Waals surface area contributed by atoms with Crippen molar-refractivity contribution in [1.29, 1.82) is 0 Å². The van der Waals surface area contributed by atoms with Gasteiger partial charge in [-0.05, 0) is 32.1 Å². The zero-order chi connectivity index (χ0) is 13.4. The Kier molecular flexibility index (Phi) is 6.69. The third-order valence-corrected chi connectivity index (χ3v) is 4.06. The standard InChI is InChI=1S/C15H30N2O/c1-3-11-15(2,16)14(18)17-12-13-9-7-5-4-6-8-10-13/h13H,3-12,16H2,1-2H3,(H,17,18). The Hall–Kier alpha value is -0.570. The van der Waals surface area contributed by atoms with Gasteiger partial charge in [-0.25, -0.2) is 0 Å². The van der Waals surface area contributed by atoms with Crippen LogP contribution in [0.3, 0.4) is 0 Å². The predicted octanol–water partition coefficient (Wildman–Crippen LogP) is 2.98. The number of hydrogen-bond acceptors (Lipinski definition) is 2. The van der Waals surface area contributed by atoms with Crippen LogP contribution in [0.1, 0.15) is 71.6 Å². The van der Waals surface area contributed by atoms with Crippen LogP contribution in [0.15, 0.2) is 0 Å². The first-order chi connectivity index (χ1) is 8.56. The van der Waals surface area contributed by atoms with E-state index in [1.165, 1.54) is 44.9 Å². The van der Waals surface area contributed by atoms with Gasteiger partial charge in [0, 0.05) is 6.54 Å². The van der Waals surface area contributed by atoms with Gasteiger partial charge in [0.05, 0.1) is 5.54 Å². The van der Waals surface area contributed by atoms with E-state index in [-0.39, 0.29) is 5.91 Å². The number of amides is 1. The highest BCUT2D eigenvalue weighted by Gasteiger charge is 2.27. The minimum atomic E-state index is -0.698. The smallest absolute Gasteiger partial charge is 0.239 e. The van der Waals surface area contributed by atoms with E-state index in [0.717, 1.165) is 19.4 Å². The van der Waals surface area contributed by atoms with Crippen LogP contribution in [0.5, 0.6) is 0 Å². The quantitative estimate of drug-likeness (QED) is 0.792. The Bertz CT molecular complexity index is 243. The van der Waals surface area contributed by atoms with E-state index in [9.17, 15) is 4.79 Å². The third-order valence-electron chi connectivity index (χ3n) is 4.06. The molecular formula is C15H30N2O. The summed E-state index contributed by atoms with van der Waals surface area (Å²) >= 11 is 0. The van der Waals surface area contributed by atoms with Crippen molar-refractivity contribution in [3.8, 4) is 0 Å². The van der Waals surface area contributed by atoms with Crippen LogP contribution in [-0.2, 0) is 4.79 Å². The molecule has 0 spiro atoms. The predicted molar refractivity (Wildman–Crippen MR) is 76.3 cm³/mol. The van der Waals surface area contributed by atoms with Gasteiger partial charge in [-0.2, -0.15) is 0 Å². The van der Waals surface area contributed by atoms with Crippen molar-refractivity contribution in [3.63, 3.8) is 0 Å². The summed E-state index contributed by atoms with van der Waals surface area (Å²) in [5, 5.41) is 3.06. The molecular weight excluding hydrogens is 224 g/mol. The largest absolute Gasteiger partial charge is 0.354 e. The van der Waals surface area contributed by atoms with Crippen molar-refractivity contribution in [1.82, 2.24) is 5.32 Å². The molecule has 1 rings (SSSR count). The summed E-state index contributed by atoms with van der Waals surface area (Å²) in [6.07, 6.45) is 10.9. The molecule has 1 unspecified atom stereocenters. The summed E-state index contributed by atoms with van der Waals surface area (Å²) in [4.78, 5) is 12.0. The molecule has 0 heterocycles. The summed E-state index contributed by atoms with van der Waals surface area (Å²) in [6.45, 7) is 4.71. The second-order valence-electron chi connectivity index (χ2n) is 6.09. The molecule has 0 aliphatic heterocycles. The average Bonchev–Trinajstić information content (AvgIpc) is 2.27. The van der Waals surface area contributed by atoms with Gasteiger partial charge in [-0.3, -0.25) is 4.79 Å². The van der Waals surface area contributed by atoms with Gasteiger partial charge in [0.2, 0.25) is 5.91 Å². The number of carbonyl (C=O) groups excluding carboxylic acids is 1. The molecule has 1 fully saturated rings. The van der Waals surface area contributed by atoms with E-state index in [0.29, 0.717) is 5.92 Å². The Balaban J connectivity index is 2.31. The number of carbonyl (C=O) groups is 1. The maximum absolute atomic E-state index is 12.0. The molecule has 0 saturated heterocycles. The normalized spacial score (nSPS) is 21.7. The lowest BCUT2D eigenvalue weighted by atomic mass is 9.90. The van der Waals surface area contributed by atoms with E-state index in [1.807, 2.05) is 6.92 Å². The van der Waals surface area contributed by atoms with Gasteiger partial charge in [0.25, 0.3) is 0 Å². The van der Waals surface area contributed by atoms with E-state index in [1.54, 1.807) is 0 Å².